The molecule has 0 aliphatic carbocycles. The van der Waals surface area contributed by atoms with Gasteiger partial charge in [-0.25, -0.2) is 0 Å². The molecule has 1 heteroatoms. The molecule has 0 saturated carbocycles. The second-order valence-corrected chi connectivity index (χ2v) is 2.51. The van der Waals surface area contributed by atoms with Gasteiger partial charge in [0, 0.05) is 0 Å². The number of hydrogen-bond acceptors (Lipinski definition) is 1. The fourth-order valence-corrected chi connectivity index (χ4v) is 0.678. The van der Waals surface area contributed by atoms with E-state index in [1.807, 2.05) is 27.7 Å². The monoisotopic (exact) mass is 191 g/mol. The Hall–Kier alpha value is -0.0400. The number of hydrogen-bond donors (Lipinski definition) is 0. The zero-order valence-corrected chi connectivity index (χ0v) is 10.3. The van der Waals surface area contributed by atoms with Crippen molar-refractivity contribution in [2.45, 2.75) is 61.3 Å². The van der Waals surface area contributed by atoms with E-state index >= 15 is 0 Å². The van der Waals surface area contributed by atoms with E-state index in [1.165, 1.54) is 25.8 Å². The summed E-state index contributed by atoms with van der Waals surface area (Å²) in [4.78, 5) is 2.23. The summed E-state index contributed by atoms with van der Waals surface area (Å²) in [6, 6.07) is 0. The molecule has 0 fully saturated rings. The van der Waals surface area contributed by atoms with Crippen molar-refractivity contribution in [1.82, 2.24) is 4.90 Å². The highest BCUT2D eigenvalue weighted by Gasteiger charge is 1.86. The second kappa shape index (κ2) is 29.7. The summed E-state index contributed by atoms with van der Waals surface area (Å²) in [5.74, 6) is 0. The standard InChI is InChI=1S/C7H17N.2C2H6.CH4/c1-4-5-6-7-8(2)3;2*1-2;/h4-7H2,1-3H3;2*1-2H3;1H4. The molecular formula is C12H33N. The first-order valence-corrected chi connectivity index (χ1v) is 5.42. The average molecular weight is 191 g/mol. The molecule has 0 aliphatic rings. The van der Waals surface area contributed by atoms with Gasteiger partial charge in [0.2, 0.25) is 0 Å². The highest BCUT2D eigenvalue weighted by molar-refractivity contribution is 4.42. The molecule has 86 valence electrons. The normalized spacial score (nSPS) is 7.38. The van der Waals surface area contributed by atoms with E-state index < -0.39 is 0 Å². The Morgan fingerprint density at radius 3 is 1.46 bits per heavy atom. The van der Waals surface area contributed by atoms with Gasteiger partial charge in [-0.3, -0.25) is 0 Å². The molecule has 1 nitrogen and oxygen atoms in total. The van der Waals surface area contributed by atoms with Crippen LogP contribution in [0.2, 0.25) is 0 Å². The van der Waals surface area contributed by atoms with E-state index in [-0.39, 0.29) is 7.43 Å². The maximum atomic E-state index is 2.23. The minimum atomic E-state index is 0. The Bertz CT molecular complexity index is 42.4. The van der Waals surface area contributed by atoms with Crippen molar-refractivity contribution in [3.05, 3.63) is 0 Å². The topological polar surface area (TPSA) is 3.24 Å². The van der Waals surface area contributed by atoms with E-state index in [1.54, 1.807) is 0 Å². The Labute approximate surface area is 87.5 Å². The first kappa shape index (κ1) is 23.1. The predicted octanol–water partition coefficient (Wildman–Crippen LogP) is 4.43. The molecular weight excluding hydrogens is 158 g/mol. The van der Waals surface area contributed by atoms with Crippen LogP contribution >= 0.6 is 0 Å². The van der Waals surface area contributed by atoms with Crippen molar-refractivity contribution in [2.75, 3.05) is 20.6 Å². The van der Waals surface area contributed by atoms with Crippen LogP contribution in [0.1, 0.15) is 61.3 Å². The Balaban J connectivity index is -0.0000000712. The highest BCUT2D eigenvalue weighted by atomic mass is 15.0. The lowest BCUT2D eigenvalue weighted by atomic mass is 10.2. The van der Waals surface area contributed by atoms with Crippen LogP contribution in [0.15, 0.2) is 0 Å². The lowest BCUT2D eigenvalue weighted by molar-refractivity contribution is 0.393. The third-order valence-electron chi connectivity index (χ3n) is 1.21. The quantitative estimate of drug-likeness (QED) is 0.594. The van der Waals surface area contributed by atoms with Gasteiger partial charge >= 0.3 is 0 Å². The summed E-state index contributed by atoms with van der Waals surface area (Å²) in [6.07, 6.45) is 4.05. The zero-order chi connectivity index (χ0) is 10.4. The van der Waals surface area contributed by atoms with Crippen molar-refractivity contribution in [1.29, 1.82) is 0 Å². The van der Waals surface area contributed by atoms with Crippen molar-refractivity contribution in [3.8, 4) is 0 Å². The van der Waals surface area contributed by atoms with Crippen molar-refractivity contribution in [3.63, 3.8) is 0 Å². The molecule has 0 N–H and O–H groups in total. The molecule has 0 bridgehead atoms. The first-order valence-electron chi connectivity index (χ1n) is 5.42. The van der Waals surface area contributed by atoms with E-state index in [2.05, 4.69) is 25.9 Å². The molecule has 0 spiro atoms. The Kier molecular flexibility index (Phi) is 52.7. The molecule has 0 saturated heterocycles. The Morgan fingerprint density at radius 1 is 0.846 bits per heavy atom. The van der Waals surface area contributed by atoms with Gasteiger partial charge < -0.3 is 4.90 Å². The molecule has 0 aromatic heterocycles. The number of unbranched alkanes of at least 4 members (excludes halogenated alkanes) is 2. The van der Waals surface area contributed by atoms with Gasteiger partial charge in [0.15, 0.2) is 0 Å². The minimum Gasteiger partial charge on any atom is -0.309 e. The average Bonchev–Trinajstić information content (AvgIpc) is 2.12. The van der Waals surface area contributed by atoms with Crippen LogP contribution in [-0.4, -0.2) is 25.5 Å². The van der Waals surface area contributed by atoms with Gasteiger partial charge in [-0.15, -0.1) is 0 Å². The predicted molar refractivity (Wildman–Crippen MR) is 67.5 cm³/mol. The second-order valence-electron chi connectivity index (χ2n) is 2.51. The third kappa shape index (κ3) is 48.2. The molecule has 0 heterocycles. The smallest absolute Gasteiger partial charge is 0.00248 e. The molecule has 0 aliphatic heterocycles. The molecule has 13 heavy (non-hydrogen) atoms. The maximum absolute atomic E-state index is 2.23. The lowest BCUT2D eigenvalue weighted by Gasteiger charge is -2.06. The van der Waals surface area contributed by atoms with Gasteiger partial charge in [0.25, 0.3) is 0 Å². The van der Waals surface area contributed by atoms with Crippen LogP contribution in [0.3, 0.4) is 0 Å². The van der Waals surface area contributed by atoms with E-state index in [0.29, 0.717) is 0 Å². The van der Waals surface area contributed by atoms with Crippen molar-refractivity contribution < 1.29 is 0 Å². The van der Waals surface area contributed by atoms with Crippen LogP contribution in [0.5, 0.6) is 0 Å². The van der Waals surface area contributed by atoms with Crippen molar-refractivity contribution >= 4 is 0 Å². The molecule has 0 radical (unpaired) electrons. The first-order chi connectivity index (χ1) is 5.77. The maximum Gasteiger partial charge on any atom is -0.00248 e. The largest absolute Gasteiger partial charge is 0.309 e. The fourth-order valence-electron chi connectivity index (χ4n) is 0.678. The van der Waals surface area contributed by atoms with Crippen LogP contribution in [-0.2, 0) is 0 Å². The van der Waals surface area contributed by atoms with E-state index in [4.69, 9.17) is 0 Å². The van der Waals surface area contributed by atoms with Crippen molar-refractivity contribution in [2.24, 2.45) is 0 Å². The number of nitrogens with zero attached hydrogens (tertiary/aromatic N) is 1. The van der Waals surface area contributed by atoms with Gasteiger partial charge in [-0.05, 0) is 27.1 Å². The zero-order valence-electron chi connectivity index (χ0n) is 10.3. The van der Waals surface area contributed by atoms with E-state index in [9.17, 15) is 0 Å². The summed E-state index contributed by atoms with van der Waals surface area (Å²) >= 11 is 0. The molecule has 0 atom stereocenters. The summed E-state index contributed by atoms with van der Waals surface area (Å²) in [6.45, 7) is 11.5. The van der Waals surface area contributed by atoms with Crippen LogP contribution in [0, 0.1) is 0 Å². The lowest BCUT2D eigenvalue weighted by Crippen LogP contribution is -2.12. The number of rotatable bonds is 4. The molecule has 0 unspecified atom stereocenters. The van der Waals surface area contributed by atoms with Crippen LogP contribution in [0.4, 0.5) is 0 Å². The highest BCUT2D eigenvalue weighted by Crippen LogP contribution is 1.93. The third-order valence-corrected chi connectivity index (χ3v) is 1.21. The van der Waals surface area contributed by atoms with E-state index in [0.717, 1.165) is 0 Å². The summed E-state index contributed by atoms with van der Waals surface area (Å²) in [7, 11) is 4.24. The van der Waals surface area contributed by atoms with Gasteiger partial charge in [-0.1, -0.05) is 54.9 Å². The SMILES string of the molecule is C.CC.CC.CCCCCN(C)C. The summed E-state index contributed by atoms with van der Waals surface area (Å²) in [5.41, 5.74) is 0. The molecule has 0 aromatic carbocycles. The minimum absolute atomic E-state index is 0. The van der Waals surface area contributed by atoms with Crippen LogP contribution in [0.25, 0.3) is 0 Å². The summed E-state index contributed by atoms with van der Waals surface area (Å²) < 4.78 is 0. The van der Waals surface area contributed by atoms with Gasteiger partial charge in [0.1, 0.15) is 0 Å². The fraction of sp³-hybridized carbons (Fsp3) is 1.00. The van der Waals surface area contributed by atoms with Gasteiger partial charge in [0.05, 0.1) is 0 Å². The molecule has 0 aromatic rings. The van der Waals surface area contributed by atoms with Gasteiger partial charge in [-0.2, -0.15) is 0 Å². The summed E-state index contributed by atoms with van der Waals surface area (Å²) in [5, 5.41) is 0. The molecule has 0 amide bonds. The molecule has 0 rings (SSSR count). The Morgan fingerprint density at radius 2 is 1.23 bits per heavy atom. The van der Waals surface area contributed by atoms with Crippen LogP contribution < -0.4 is 0 Å².